The Labute approximate surface area is 185 Å². The quantitative estimate of drug-likeness (QED) is 0.773. The summed E-state index contributed by atoms with van der Waals surface area (Å²) in [6.07, 6.45) is 14.9. The lowest BCUT2D eigenvalue weighted by atomic mass is 9.91. The number of phenols is 1. The number of carboxylic acid groups (broad SMARTS) is 1. The molecular formula is C26H34N2O3. The number of carbonyl (C=O) groups excluding carboxylic acids is 1. The Balaban J connectivity index is 0.000000185. The molecule has 2 aliphatic rings. The third-order valence-electron chi connectivity index (χ3n) is 6.69. The third kappa shape index (κ3) is 6.70. The first kappa shape index (κ1) is 23.1. The molecule has 2 fully saturated rings. The zero-order valence-electron chi connectivity index (χ0n) is 18.3. The van der Waals surface area contributed by atoms with Gasteiger partial charge in [-0.1, -0.05) is 49.2 Å². The number of phenolic OH excluding ortho intramolecular Hbond substituents is 1. The molecule has 0 aromatic heterocycles. The van der Waals surface area contributed by atoms with Crippen molar-refractivity contribution in [1.29, 1.82) is 5.26 Å². The number of nitriles is 1. The number of benzene rings is 2. The van der Waals surface area contributed by atoms with Gasteiger partial charge in [0.1, 0.15) is 5.75 Å². The molecule has 0 amide bonds. The van der Waals surface area contributed by atoms with Crippen molar-refractivity contribution in [2.45, 2.75) is 82.7 Å². The largest absolute Gasteiger partial charge is 0.549 e. The van der Waals surface area contributed by atoms with Crippen molar-refractivity contribution < 1.29 is 20.3 Å². The lowest BCUT2D eigenvalue weighted by Crippen LogP contribution is -2.95. The molecule has 3 N–H and O–H groups in total. The number of quaternary nitrogens is 1. The molecular weight excluding hydrogens is 388 g/mol. The van der Waals surface area contributed by atoms with E-state index in [0.717, 1.165) is 17.5 Å². The first-order valence-electron chi connectivity index (χ1n) is 11.7. The molecule has 0 radical (unpaired) electrons. The molecule has 166 valence electrons. The summed E-state index contributed by atoms with van der Waals surface area (Å²) in [6.45, 7) is 0. The molecule has 0 heterocycles. The highest BCUT2D eigenvalue weighted by Gasteiger charge is 2.22. The minimum absolute atomic E-state index is 0.0228. The molecule has 2 aliphatic carbocycles. The summed E-state index contributed by atoms with van der Waals surface area (Å²) < 4.78 is 0. The summed E-state index contributed by atoms with van der Waals surface area (Å²) in [6, 6.07) is 14.3. The summed E-state index contributed by atoms with van der Waals surface area (Å²) in [5.74, 6) is -2.66. The molecule has 2 aromatic rings. The van der Waals surface area contributed by atoms with E-state index in [0.29, 0.717) is 10.9 Å². The number of nitrogens with two attached hydrogens (primary N) is 1. The Hall–Kier alpha value is -2.58. The predicted molar refractivity (Wildman–Crippen MR) is 119 cm³/mol. The SMILES string of the molecule is C1CCC([NH2+]C2CCCCC2)CC1.N#CC(Cc1ccc2ccccc2c1O)C(=O)[O-]. The van der Waals surface area contributed by atoms with Crippen LogP contribution in [0.4, 0.5) is 0 Å². The Morgan fingerprint density at radius 2 is 1.58 bits per heavy atom. The third-order valence-corrected chi connectivity index (χ3v) is 6.69. The zero-order chi connectivity index (χ0) is 22.1. The first-order valence-corrected chi connectivity index (χ1v) is 11.7. The molecule has 1 atom stereocenters. The van der Waals surface area contributed by atoms with Gasteiger partial charge in [-0.05, 0) is 68.7 Å². The molecule has 0 saturated heterocycles. The van der Waals surface area contributed by atoms with E-state index in [1.807, 2.05) is 12.1 Å². The second-order valence-electron chi connectivity index (χ2n) is 8.99. The molecule has 2 saturated carbocycles. The number of aromatic hydroxyl groups is 1. The van der Waals surface area contributed by atoms with E-state index in [-0.39, 0.29) is 12.2 Å². The van der Waals surface area contributed by atoms with E-state index >= 15 is 0 Å². The van der Waals surface area contributed by atoms with Gasteiger partial charge in [-0.2, -0.15) is 5.26 Å². The van der Waals surface area contributed by atoms with Gasteiger partial charge in [0.2, 0.25) is 0 Å². The topological polar surface area (TPSA) is 101 Å². The highest BCUT2D eigenvalue weighted by atomic mass is 16.4. The molecule has 2 aromatic carbocycles. The maximum absolute atomic E-state index is 10.7. The fraction of sp³-hybridized carbons (Fsp3) is 0.538. The van der Waals surface area contributed by atoms with Gasteiger partial charge in [-0.25, -0.2) is 0 Å². The summed E-state index contributed by atoms with van der Waals surface area (Å²) in [4.78, 5) is 10.7. The number of aliphatic carboxylic acids is 1. The lowest BCUT2D eigenvalue weighted by Gasteiger charge is -2.27. The van der Waals surface area contributed by atoms with E-state index in [9.17, 15) is 15.0 Å². The standard InChI is InChI=1S/C14H11NO3.C12H23N/c15-8-11(14(17)18)7-10-6-5-9-3-1-2-4-12(9)13(10)16;1-3-7-11(8-4-1)13-12-9-5-2-6-10-12/h1-6,11,16H,7H2,(H,17,18);11-13H,1-10H2. The molecule has 31 heavy (non-hydrogen) atoms. The van der Waals surface area contributed by atoms with Gasteiger partial charge >= 0.3 is 0 Å². The molecule has 0 spiro atoms. The van der Waals surface area contributed by atoms with Crippen molar-refractivity contribution in [2.75, 3.05) is 0 Å². The Kier molecular flexibility index (Phi) is 8.73. The monoisotopic (exact) mass is 422 g/mol. The van der Waals surface area contributed by atoms with Crippen LogP contribution in [0.5, 0.6) is 5.75 Å². The van der Waals surface area contributed by atoms with Gasteiger partial charge < -0.3 is 20.3 Å². The van der Waals surface area contributed by atoms with Gasteiger partial charge in [0.05, 0.1) is 30.0 Å². The average molecular weight is 423 g/mol. The number of carboxylic acids is 1. The van der Waals surface area contributed by atoms with Crippen molar-refractivity contribution in [3.63, 3.8) is 0 Å². The van der Waals surface area contributed by atoms with E-state index in [2.05, 4.69) is 5.32 Å². The normalized spacial score (nSPS) is 18.5. The number of hydrogen-bond donors (Lipinski definition) is 2. The van der Waals surface area contributed by atoms with Crippen LogP contribution in [0, 0.1) is 17.2 Å². The van der Waals surface area contributed by atoms with Gasteiger partial charge in [0.15, 0.2) is 0 Å². The van der Waals surface area contributed by atoms with Gasteiger partial charge in [0, 0.05) is 5.39 Å². The molecule has 4 rings (SSSR count). The molecule has 5 nitrogen and oxygen atoms in total. The van der Waals surface area contributed by atoms with Gasteiger partial charge in [-0.3, -0.25) is 0 Å². The highest BCUT2D eigenvalue weighted by Crippen LogP contribution is 2.30. The molecule has 0 bridgehead atoms. The fourth-order valence-electron chi connectivity index (χ4n) is 4.90. The number of carbonyl (C=O) groups is 1. The Bertz CT molecular complexity index is 877. The zero-order valence-corrected chi connectivity index (χ0v) is 18.3. The van der Waals surface area contributed by atoms with Crippen LogP contribution < -0.4 is 10.4 Å². The van der Waals surface area contributed by atoms with Crippen LogP contribution in [0.3, 0.4) is 0 Å². The molecule has 0 aliphatic heterocycles. The van der Waals surface area contributed by atoms with Crippen molar-refractivity contribution in [1.82, 2.24) is 0 Å². The number of rotatable bonds is 5. The number of hydrogen-bond acceptors (Lipinski definition) is 4. The Morgan fingerprint density at radius 3 is 2.13 bits per heavy atom. The second kappa shape index (κ2) is 11.7. The van der Waals surface area contributed by atoms with Crippen molar-refractivity contribution >= 4 is 16.7 Å². The van der Waals surface area contributed by atoms with E-state index in [1.54, 1.807) is 30.3 Å². The highest BCUT2D eigenvalue weighted by molar-refractivity contribution is 5.89. The predicted octanol–water partition coefficient (Wildman–Crippen LogP) is 3.19. The minimum Gasteiger partial charge on any atom is -0.549 e. The van der Waals surface area contributed by atoms with Crippen molar-refractivity contribution in [2.24, 2.45) is 5.92 Å². The number of nitrogens with zero attached hydrogens (tertiary/aromatic N) is 1. The minimum atomic E-state index is -1.43. The van der Waals surface area contributed by atoms with Crippen LogP contribution in [-0.4, -0.2) is 23.2 Å². The summed E-state index contributed by atoms with van der Waals surface area (Å²) in [7, 11) is 0. The van der Waals surface area contributed by atoms with E-state index in [1.165, 1.54) is 64.2 Å². The van der Waals surface area contributed by atoms with Gasteiger partial charge in [-0.15, -0.1) is 0 Å². The van der Waals surface area contributed by atoms with Crippen molar-refractivity contribution in [3.05, 3.63) is 42.0 Å². The molecule has 5 heteroatoms. The van der Waals surface area contributed by atoms with Crippen LogP contribution in [0.2, 0.25) is 0 Å². The smallest absolute Gasteiger partial charge is 0.126 e. The second-order valence-corrected chi connectivity index (χ2v) is 8.99. The number of fused-ring (bicyclic) bond motifs is 1. The van der Waals surface area contributed by atoms with Crippen LogP contribution >= 0.6 is 0 Å². The maximum atomic E-state index is 10.7. The fourth-order valence-corrected chi connectivity index (χ4v) is 4.90. The van der Waals surface area contributed by atoms with Crippen LogP contribution in [0.25, 0.3) is 10.8 Å². The first-order chi connectivity index (χ1) is 15.1. The molecule has 1 unspecified atom stereocenters. The lowest BCUT2D eigenvalue weighted by molar-refractivity contribution is -0.725. The van der Waals surface area contributed by atoms with Crippen LogP contribution in [-0.2, 0) is 11.2 Å². The van der Waals surface area contributed by atoms with Crippen LogP contribution in [0.15, 0.2) is 36.4 Å². The van der Waals surface area contributed by atoms with Gasteiger partial charge in [0.25, 0.3) is 0 Å². The van der Waals surface area contributed by atoms with E-state index < -0.39 is 11.9 Å². The summed E-state index contributed by atoms with van der Waals surface area (Å²) >= 11 is 0. The van der Waals surface area contributed by atoms with Crippen LogP contribution in [0.1, 0.15) is 69.8 Å². The average Bonchev–Trinajstić information content (AvgIpc) is 2.80. The summed E-state index contributed by atoms with van der Waals surface area (Å²) in [5, 5.41) is 33.7. The maximum Gasteiger partial charge on any atom is 0.126 e. The Morgan fingerprint density at radius 1 is 1.00 bits per heavy atom. The van der Waals surface area contributed by atoms with E-state index in [4.69, 9.17) is 5.26 Å². The van der Waals surface area contributed by atoms with Crippen molar-refractivity contribution in [3.8, 4) is 11.8 Å². The summed E-state index contributed by atoms with van der Waals surface area (Å²) in [5.41, 5.74) is 0.435.